The normalized spacial score (nSPS) is 9.20. The molecule has 1 heterocycles. The molecule has 10 heavy (non-hydrogen) atoms. The Bertz CT molecular complexity index is 382. The molecule has 0 bridgehead atoms. The molecule has 0 aliphatic rings. The minimum atomic E-state index is -2.22. The first-order valence-electron chi connectivity index (χ1n) is 2.56. The zero-order valence-electron chi connectivity index (χ0n) is 5.03. The van der Waals surface area contributed by atoms with Gasteiger partial charge in [0.05, 0.1) is 0 Å². The molecular formula is C5H6N2O2S. The van der Waals surface area contributed by atoms with E-state index in [2.05, 4.69) is 4.98 Å². The molecule has 0 fully saturated rings. The Morgan fingerprint density at radius 3 is 2.60 bits per heavy atom. The van der Waals surface area contributed by atoms with Crippen molar-refractivity contribution in [3.63, 3.8) is 0 Å². The molecule has 0 aliphatic heterocycles. The number of hydrogen-bond acceptors (Lipinski definition) is 3. The summed E-state index contributed by atoms with van der Waals surface area (Å²) in [6, 6.07) is 2.93. The van der Waals surface area contributed by atoms with Gasteiger partial charge >= 0.3 is 0 Å². The summed E-state index contributed by atoms with van der Waals surface area (Å²) in [5, 5.41) is 0. The fourth-order valence-electron chi connectivity index (χ4n) is 0.557. The minimum Gasteiger partial charge on any atom is -0.399 e. The monoisotopic (exact) mass is 158 g/mol. The molecule has 5 heteroatoms. The smallest absolute Gasteiger partial charge is 0.238 e. The minimum absolute atomic E-state index is 0.0972. The van der Waals surface area contributed by atoms with Crippen LogP contribution in [0.3, 0.4) is 0 Å². The van der Waals surface area contributed by atoms with Crippen LogP contribution in [0.5, 0.6) is 0 Å². The molecule has 0 unspecified atom stereocenters. The topological polar surface area (TPSA) is 76.0 Å². The van der Waals surface area contributed by atoms with Gasteiger partial charge in [-0.25, -0.2) is 0 Å². The second kappa shape index (κ2) is 2.57. The molecule has 3 N–H and O–H groups in total. The highest BCUT2D eigenvalue weighted by Gasteiger charge is 1.82. The molecule has 4 nitrogen and oxygen atoms in total. The van der Waals surface area contributed by atoms with Crippen LogP contribution in [-0.2, 0) is 10.3 Å². The molecule has 0 amide bonds. The number of aromatic amines is 1. The summed E-state index contributed by atoms with van der Waals surface area (Å²) in [6.07, 6.45) is 1.47. The molecular weight excluding hydrogens is 152 g/mol. The van der Waals surface area contributed by atoms with Crippen LogP contribution < -0.4 is 5.73 Å². The number of nitrogen functional groups attached to an aromatic ring is 1. The summed E-state index contributed by atoms with van der Waals surface area (Å²) < 4.78 is 20.6. The molecule has 0 atom stereocenters. The largest absolute Gasteiger partial charge is 0.399 e. The van der Waals surface area contributed by atoms with E-state index in [1.807, 2.05) is 0 Å². The first-order valence-corrected chi connectivity index (χ1v) is 3.64. The van der Waals surface area contributed by atoms with E-state index < -0.39 is 10.3 Å². The van der Waals surface area contributed by atoms with E-state index in [9.17, 15) is 8.42 Å². The van der Waals surface area contributed by atoms with Crippen molar-refractivity contribution >= 4 is 16.0 Å². The molecule has 1 rings (SSSR count). The van der Waals surface area contributed by atoms with Gasteiger partial charge in [0.2, 0.25) is 10.3 Å². The summed E-state index contributed by atoms with van der Waals surface area (Å²) in [4.78, 5) is 2.52. The second-order valence-electron chi connectivity index (χ2n) is 1.72. The van der Waals surface area contributed by atoms with Gasteiger partial charge in [-0.3, -0.25) is 0 Å². The number of aromatic nitrogens is 1. The lowest BCUT2D eigenvalue weighted by Crippen LogP contribution is -1.85. The van der Waals surface area contributed by atoms with Gasteiger partial charge in [0.1, 0.15) is 0 Å². The van der Waals surface area contributed by atoms with E-state index in [1.54, 1.807) is 6.07 Å². The number of pyridine rings is 1. The van der Waals surface area contributed by atoms with E-state index in [1.165, 1.54) is 12.3 Å². The first kappa shape index (κ1) is 6.88. The quantitative estimate of drug-likeness (QED) is 0.522. The Morgan fingerprint density at radius 1 is 1.50 bits per heavy atom. The zero-order valence-corrected chi connectivity index (χ0v) is 5.85. The van der Waals surface area contributed by atoms with Gasteiger partial charge < -0.3 is 10.7 Å². The number of anilines is 1. The Labute approximate surface area is 58.9 Å². The average molecular weight is 158 g/mol. The van der Waals surface area contributed by atoms with Gasteiger partial charge in [0.25, 0.3) is 0 Å². The van der Waals surface area contributed by atoms with Crippen LogP contribution in [0.15, 0.2) is 18.3 Å². The Balaban J connectivity index is 3.65. The van der Waals surface area contributed by atoms with E-state index >= 15 is 0 Å². The summed E-state index contributed by atoms with van der Waals surface area (Å²) >= 11 is 0. The lowest BCUT2D eigenvalue weighted by atomic mass is 10.4. The third-order valence-electron chi connectivity index (χ3n) is 0.979. The van der Waals surface area contributed by atoms with Gasteiger partial charge in [-0.05, 0) is 6.07 Å². The number of rotatable bonds is 0. The molecule has 0 saturated heterocycles. The van der Waals surface area contributed by atoms with Crippen LogP contribution in [0.4, 0.5) is 5.69 Å². The molecule has 0 aromatic carbocycles. The van der Waals surface area contributed by atoms with Crippen LogP contribution in [0, 0.1) is 4.64 Å². The SMILES string of the molecule is Nc1cc[nH]c(=S(=O)=O)c1. The van der Waals surface area contributed by atoms with E-state index in [0.29, 0.717) is 5.69 Å². The van der Waals surface area contributed by atoms with E-state index in [0.717, 1.165) is 0 Å². The van der Waals surface area contributed by atoms with Gasteiger partial charge in [0, 0.05) is 18.0 Å². The molecule has 0 radical (unpaired) electrons. The van der Waals surface area contributed by atoms with E-state index in [4.69, 9.17) is 5.73 Å². The fraction of sp³-hybridized carbons (Fsp3) is 0. The van der Waals surface area contributed by atoms with E-state index in [-0.39, 0.29) is 4.64 Å². The standard InChI is InChI=1S/C5H6N2O2S/c6-4-1-2-7-5(3-4)10(8)9/h1-3,7H,6H2. The molecule has 0 saturated carbocycles. The Morgan fingerprint density at radius 2 is 2.20 bits per heavy atom. The van der Waals surface area contributed by atoms with Crippen LogP contribution in [0.1, 0.15) is 0 Å². The zero-order chi connectivity index (χ0) is 7.56. The first-order chi connectivity index (χ1) is 4.70. The van der Waals surface area contributed by atoms with Crippen LogP contribution in [0.2, 0.25) is 0 Å². The third kappa shape index (κ3) is 1.38. The Hall–Kier alpha value is -1.23. The number of H-pyrrole nitrogens is 1. The number of hydrogen-bond donors (Lipinski definition) is 2. The van der Waals surface area contributed by atoms with Crippen molar-refractivity contribution in [1.29, 1.82) is 0 Å². The van der Waals surface area contributed by atoms with Crippen molar-refractivity contribution in [3.8, 4) is 0 Å². The fourth-order valence-corrected chi connectivity index (χ4v) is 0.954. The second-order valence-corrected chi connectivity index (χ2v) is 2.63. The van der Waals surface area contributed by atoms with Gasteiger partial charge in [-0.2, -0.15) is 8.42 Å². The third-order valence-corrected chi connectivity index (χ3v) is 1.57. The van der Waals surface area contributed by atoms with Gasteiger partial charge in [-0.15, -0.1) is 0 Å². The predicted molar refractivity (Wildman–Crippen MR) is 37.4 cm³/mol. The van der Waals surface area contributed by atoms with Crippen molar-refractivity contribution < 1.29 is 8.42 Å². The highest BCUT2D eigenvalue weighted by Crippen LogP contribution is 1.95. The van der Waals surface area contributed by atoms with Crippen molar-refractivity contribution in [2.24, 2.45) is 0 Å². The van der Waals surface area contributed by atoms with Crippen molar-refractivity contribution in [2.75, 3.05) is 5.73 Å². The van der Waals surface area contributed by atoms with Crippen molar-refractivity contribution in [1.82, 2.24) is 4.98 Å². The maximum atomic E-state index is 10.3. The Kier molecular flexibility index (Phi) is 1.77. The van der Waals surface area contributed by atoms with Crippen molar-refractivity contribution in [2.45, 2.75) is 0 Å². The maximum absolute atomic E-state index is 10.3. The lowest BCUT2D eigenvalue weighted by Gasteiger charge is -1.86. The molecule has 0 aliphatic carbocycles. The summed E-state index contributed by atoms with van der Waals surface area (Å²) in [5.74, 6) is 0. The molecule has 54 valence electrons. The van der Waals surface area contributed by atoms with Gasteiger partial charge in [0.15, 0.2) is 4.64 Å². The highest BCUT2D eigenvalue weighted by molar-refractivity contribution is 7.63. The summed E-state index contributed by atoms with van der Waals surface area (Å²) in [5.41, 5.74) is 5.73. The van der Waals surface area contributed by atoms with Crippen LogP contribution in [0.25, 0.3) is 0 Å². The van der Waals surface area contributed by atoms with Crippen molar-refractivity contribution in [3.05, 3.63) is 23.0 Å². The predicted octanol–water partition coefficient (Wildman–Crippen LogP) is 0.00799. The average Bonchev–Trinajstić information content (AvgIpc) is 1.88. The molecule has 0 spiro atoms. The van der Waals surface area contributed by atoms with Crippen LogP contribution in [-0.4, -0.2) is 13.4 Å². The number of nitrogens with one attached hydrogen (secondary N) is 1. The lowest BCUT2D eigenvalue weighted by molar-refractivity contribution is 0.624. The van der Waals surface area contributed by atoms with Gasteiger partial charge in [-0.1, -0.05) is 0 Å². The summed E-state index contributed by atoms with van der Waals surface area (Å²) in [7, 11) is -2.22. The number of nitrogens with two attached hydrogens (primary N) is 1. The maximum Gasteiger partial charge on any atom is 0.238 e. The summed E-state index contributed by atoms with van der Waals surface area (Å²) in [6.45, 7) is 0. The molecule has 1 aromatic rings. The van der Waals surface area contributed by atoms with Crippen LogP contribution >= 0.6 is 0 Å². The highest BCUT2D eigenvalue weighted by atomic mass is 32.2. The molecule has 1 aromatic heterocycles.